The lowest BCUT2D eigenvalue weighted by Gasteiger charge is -2.20. The molecule has 0 aliphatic carbocycles. The first-order chi connectivity index (χ1) is 9.75. The summed E-state index contributed by atoms with van der Waals surface area (Å²) < 4.78 is 0. The van der Waals surface area contributed by atoms with Crippen LogP contribution in [-0.2, 0) is 5.41 Å². The van der Waals surface area contributed by atoms with Gasteiger partial charge in [0.15, 0.2) is 0 Å². The summed E-state index contributed by atoms with van der Waals surface area (Å²) in [6, 6.07) is 9.58. The maximum absolute atomic E-state index is 6.10. The van der Waals surface area contributed by atoms with Crippen LogP contribution in [-0.4, -0.2) is 9.97 Å². The van der Waals surface area contributed by atoms with Crippen molar-refractivity contribution in [3.05, 3.63) is 51.9 Å². The Balaban J connectivity index is 2.23. The van der Waals surface area contributed by atoms with Gasteiger partial charge in [-0.2, -0.15) is 0 Å². The molecule has 0 saturated carbocycles. The van der Waals surface area contributed by atoms with Gasteiger partial charge in [0.05, 0.1) is 0 Å². The van der Waals surface area contributed by atoms with E-state index in [1.54, 1.807) is 6.07 Å². The van der Waals surface area contributed by atoms with Crippen molar-refractivity contribution in [2.75, 3.05) is 5.32 Å². The van der Waals surface area contributed by atoms with E-state index in [-0.39, 0.29) is 11.5 Å². The Morgan fingerprint density at radius 3 is 2.24 bits per heavy atom. The van der Waals surface area contributed by atoms with E-state index < -0.39 is 0 Å². The van der Waals surface area contributed by atoms with Crippen molar-refractivity contribution >= 4 is 29.0 Å². The van der Waals surface area contributed by atoms with Gasteiger partial charge in [0, 0.05) is 22.5 Å². The Labute approximate surface area is 135 Å². The van der Waals surface area contributed by atoms with E-state index in [1.807, 2.05) is 24.3 Å². The van der Waals surface area contributed by atoms with Crippen LogP contribution in [0.5, 0.6) is 0 Å². The van der Waals surface area contributed by atoms with Crippen LogP contribution in [0.25, 0.3) is 0 Å². The van der Waals surface area contributed by atoms with E-state index in [1.165, 1.54) is 0 Å². The Kier molecular flexibility index (Phi) is 4.74. The molecular formula is C16H19Cl2N3. The zero-order valence-electron chi connectivity index (χ0n) is 12.6. The highest BCUT2D eigenvalue weighted by Gasteiger charge is 2.19. The average Bonchev–Trinajstić information content (AvgIpc) is 2.37. The van der Waals surface area contributed by atoms with Gasteiger partial charge in [-0.25, -0.2) is 9.97 Å². The normalized spacial score (nSPS) is 13.0. The van der Waals surface area contributed by atoms with Gasteiger partial charge in [0.1, 0.15) is 16.8 Å². The van der Waals surface area contributed by atoms with Crippen LogP contribution in [0, 0.1) is 0 Å². The van der Waals surface area contributed by atoms with Gasteiger partial charge in [-0.1, -0.05) is 56.1 Å². The molecule has 1 atom stereocenters. The maximum Gasteiger partial charge on any atom is 0.137 e. The largest absolute Gasteiger partial charge is 0.363 e. The summed E-state index contributed by atoms with van der Waals surface area (Å²) in [4.78, 5) is 8.85. The van der Waals surface area contributed by atoms with Crippen LogP contribution in [0.2, 0.25) is 10.2 Å². The number of hydrogen-bond donors (Lipinski definition) is 1. The number of halogens is 2. The Bertz CT molecular complexity index is 618. The van der Waals surface area contributed by atoms with Crippen molar-refractivity contribution in [1.29, 1.82) is 0 Å². The second-order valence-electron chi connectivity index (χ2n) is 6.07. The molecule has 21 heavy (non-hydrogen) atoms. The van der Waals surface area contributed by atoms with E-state index in [4.69, 9.17) is 23.2 Å². The standard InChI is InChI=1S/C16H19Cl2N3/c1-10(11-5-7-12(17)8-6-11)19-14-9-13(18)20-15(21-14)16(2,3)4/h5-10H,1-4H3,(H,19,20,21). The molecule has 1 heterocycles. The third-order valence-corrected chi connectivity index (χ3v) is 3.55. The van der Waals surface area contributed by atoms with Gasteiger partial charge < -0.3 is 5.32 Å². The highest BCUT2D eigenvalue weighted by atomic mass is 35.5. The lowest BCUT2D eigenvalue weighted by Crippen LogP contribution is -2.18. The molecule has 0 radical (unpaired) electrons. The van der Waals surface area contributed by atoms with Crippen molar-refractivity contribution in [2.24, 2.45) is 0 Å². The molecule has 0 bridgehead atoms. The van der Waals surface area contributed by atoms with Crippen LogP contribution >= 0.6 is 23.2 Å². The third kappa shape index (κ3) is 4.32. The van der Waals surface area contributed by atoms with Gasteiger partial charge in [-0.3, -0.25) is 0 Å². The monoisotopic (exact) mass is 323 g/mol. The van der Waals surface area contributed by atoms with E-state index in [0.29, 0.717) is 5.15 Å². The summed E-state index contributed by atoms with van der Waals surface area (Å²) in [5, 5.41) is 4.53. The molecule has 5 heteroatoms. The number of nitrogens with zero attached hydrogens (tertiary/aromatic N) is 2. The predicted octanol–water partition coefficient (Wildman–Crippen LogP) is 5.25. The fraction of sp³-hybridized carbons (Fsp3) is 0.375. The van der Waals surface area contributed by atoms with E-state index in [0.717, 1.165) is 22.2 Å². The average molecular weight is 324 g/mol. The summed E-state index contributed by atoms with van der Waals surface area (Å²) >= 11 is 12.0. The first kappa shape index (κ1) is 16.1. The highest BCUT2D eigenvalue weighted by molar-refractivity contribution is 6.30. The van der Waals surface area contributed by atoms with Gasteiger partial charge in [0.25, 0.3) is 0 Å². The van der Waals surface area contributed by atoms with Gasteiger partial charge in [0.2, 0.25) is 0 Å². The molecule has 0 aliphatic rings. The van der Waals surface area contributed by atoms with Crippen LogP contribution < -0.4 is 5.32 Å². The number of hydrogen-bond acceptors (Lipinski definition) is 3. The second-order valence-corrected chi connectivity index (χ2v) is 6.89. The lowest BCUT2D eigenvalue weighted by molar-refractivity contribution is 0.545. The maximum atomic E-state index is 6.10. The van der Waals surface area contributed by atoms with Crippen molar-refractivity contribution in [2.45, 2.75) is 39.2 Å². The summed E-state index contributed by atoms with van der Waals surface area (Å²) in [6.07, 6.45) is 0. The van der Waals surface area contributed by atoms with Crippen LogP contribution in [0.1, 0.15) is 45.1 Å². The minimum absolute atomic E-state index is 0.0982. The molecule has 112 valence electrons. The molecule has 0 saturated heterocycles. The number of rotatable bonds is 3. The highest BCUT2D eigenvalue weighted by Crippen LogP contribution is 2.25. The molecule has 0 amide bonds. The van der Waals surface area contributed by atoms with Crippen molar-refractivity contribution < 1.29 is 0 Å². The van der Waals surface area contributed by atoms with E-state index in [2.05, 4.69) is 43.0 Å². The summed E-state index contributed by atoms with van der Waals surface area (Å²) in [5.74, 6) is 1.45. The lowest BCUT2D eigenvalue weighted by atomic mass is 9.96. The molecule has 2 aromatic rings. The number of benzene rings is 1. The quantitative estimate of drug-likeness (QED) is 0.783. The summed E-state index contributed by atoms with van der Waals surface area (Å²) in [7, 11) is 0. The van der Waals surface area contributed by atoms with E-state index >= 15 is 0 Å². The first-order valence-electron chi connectivity index (χ1n) is 6.83. The summed E-state index contributed by atoms with van der Waals surface area (Å²) in [6.45, 7) is 8.25. The fourth-order valence-electron chi connectivity index (χ4n) is 1.88. The van der Waals surface area contributed by atoms with Crippen molar-refractivity contribution in [3.63, 3.8) is 0 Å². The Hall–Kier alpha value is -1.32. The second kappa shape index (κ2) is 6.20. The molecule has 0 spiro atoms. The molecule has 2 rings (SSSR count). The SMILES string of the molecule is CC(Nc1cc(Cl)nc(C(C)(C)C)n1)c1ccc(Cl)cc1. The molecular weight excluding hydrogens is 305 g/mol. The number of anilines is 1. The predicted molar refractivity (Wildman–Crippen MR) is 89.2 cm³/mol. The van der Waals surface area contributed by atoms with Crippen LogP contribution in [0.15, 0.2) is 30.3 Å². The topological polar surface area (TPSA) is 37.8 Å². The minimum Gasteiger partial charge on any atom is -0.363 e. The van der Waals surface area contributed by atoms with Gasteiger partial charge in [-0.15, -0.1) is 0 Å². The number of aromatic nitrogens is 2. The van der Waals surface area contributed by atoms with Crippen molar-refractivity contribution in [3.8, 4) is 0 Å². The zero-order valence-corrected chi connectivity index (χ0v) is 14.1. The minimum atomic E-state index is -0.148. The third-order valence-electron chi connectivity index (χ3n) is 3.10. The molecule has 3 nitrogen and oxygen atoms in total. The van der Waals surface area contributed by atoms with Crippen LogP contribution in [0.4, 0.5) is 5.82 Å². The van der Waals surface area contributed by atoms with Crippen LogP contribution in [0.3, 0.4) is 0 Å². The fourth-order valence-corrected chi connectivity index (χ4v) is 2.19. The Morgan fingerprint density at radius 2 is 1.67 bits per heavy atom. The molecule has 1 N–H and O–H groups in total. The molecule has 1 aromatic heterocycles. The number of nitrogens with one attached hydrogen (secondary N) is 1. The van der Waals surface area contributed by atoms with Gasteiger partial charge in [-0.05, 0) is 24.6 Å². The van der Waals surface area contributed by atoms with Gasteiger partial charge >= 0.3 is 0 Å². The smallest absolute Gasteiger partial charge is 0.137 e. The molecule has 1 aromatic carbocycles. The first-order valence-corrected chi connectivity index (χ1v) is 7.58. The Morgan fingerprint density at radius 1 is 1.05 bits per heavy atom. The molecule has 0 aliphatic heterocycles. The molecule has 0 fully saturated rings. The zero-order chi connectivity index (χ0) is 15.6. The van der Waals surface area contributed by atoms with Crippen molar-refractivity contribution in [1.82, 2.24) is 9.97 Å². The van der Waals surface area contributed by atoms with E-state index in [9.17, 15) is 0 Å². The molecule has 1 unspecified atom stereocenters. The summed E-state index contributed by atoms with van der Waals surface area (Å²) in [5.41, 5.74) is 0.983.